The first-order chi connectivity index (χ1) is 24.2. The first-order valence-electron chi connectivity index (χ1n) is 19.4. The van der Waals surface area contributed by atoms with Crippen LogP contribution in [0.2, 0.25) is 5.02 Å². The standard InChI is InChI=1S/C44H58ClN3O2/c1-7-11-13-14-15-16-17-20-25-48-40-29-37(45)31(5)27-39(40)47(10-4)41(48)28-36-43(49)42(44(36)50)32(6)34-24-26-46(30-33(9-3)21-12-8-2)38-23-19-18-22-35(34)38/h18-19,22-24,26-29,33H,7-17,20-21,25,30H2,1-6H3/p+1. The van der Waals surface area contributed by atoms with Gasteiger partial charge in [-0.05, 0) is 81.0 Å². The molecule has 268 valence electrons. The second-order valence-electron chi connectivity index (χ2n) is 14.4. The van der Waals surface area contributed by atoms with Gasteiger partial charge < -0.3 is 14.9 Å². The normalized spacial score (nSPS) is 16.9. The van der Waals surface area contributed by atoms with Crippen molar-refractivity contribution in [3.8, 4) is 0 Å². The molecule has 5 rings (SSSR count). The second-order valence-corrected chi connectivity index (χ2v) is 14.8. The number of unbranched alkanes of at least 4 members (excludes halogenated alkanes) is 8. The molecule has 0 amide bonds. The van der Waals surface area contributed by atoms with Crippen molar-refractivity contribution in [2.75, 3.05) is 22.9 Å². The van der Waals surface area contributed by atoms with E-state index in [1.54, 1.807) is 0 Å². The minimum atomic E-state index is -0.104. The topological polar surface area (TPSA) is 47.7 Å². The molecule has 0 saturated heterocycles. The van der Waals surface area contributed by atoms with E-state index in [0.29, 0.717) is 17.1 Å². The minimum absolute atomic E-state index is 0.0830. The summed E-state index contributed by atoms with van der Waals surface area (Å²) in [7, 11) is 0. The lowest BCUT2D eigenvalue weighted by Gasteiger charge is -2.28. The smallest absolute Gasteiger partial charge is 0.213 e. The molecule has 2 heterocycles. The van der Waals surface area contributed by atoms with Gasteiger partial charge in [-0.25, -0.2) is 0 Å². The van der Waals surface area contributed by atoms with Crippen molar-refractivity contribution in [3.63, 3.8) is 0 Å². The van der Waals surface area contributed by atoms with Crippen LogP contribution < -0.4 is 14.4 Å². The number of halogens is 1. The molecular formula is C44H59ClN3O2+. The number of anilines is 2. The van der Waals surface area contributed by atoms with E-state index in [-0.39, 0.29) is 11.5 Å². The molecule has 2 aliphatic rings. The summed E-state index contributed by atoms with van der Waals surface area (Å²) < 4.78 is 2.36. The van der Waals surface area contributed by atoms with Crippen LogP contribution >= 0.6 is 11.6 Å². The predicted molar refractivity (Wildman–Crippen MR) is 212 cm³/mol. The van der Waals surface area contributed by atoms with Gasteiger partial charge in [0.05, 0.1) is 27.9 Å². The summed E-state index contributed by atoms with van der Waals surface area (Å²) in [4.78, 5) is 18.5. The van der Waals surface area contributed by atoms with Crippen molar-refractivity contribution < 1.29 is 14.5 Å². The molecule has 0 radical (unpaired) electrons. The molecule has 1 unspecified atom stereocenters. The summed E-state index contributed by atoms with van der Waals surface area (Å²) in [5.74, 6) is 1.54. The van der Waals surface area contributed by atoms with Crippen molar-refractivity contribution in [1.82, 2.24) is 0 Å². The van der Waals surface area contributed by atoms with Crippen molar-refractivity contribution in [1.29, 1.82) is 0 Å². The Morgan fingerprint density at radius 2 is 1.58 bits per heavy atom. The average Bonchev–Trinajstić information content (AvgIpc) is 3.40. The number of allylic oxidation sites excluding steroid dienone is 4. The molecule has 2 aromatic carbocycles. The number of aromatic nitrogens is 1. The summed E-state index contributed by atoms with van der Waals surface area (Å²) in [5, 5.41) is 13.4. The molecule has 1 N–H and O–H groups in total. The summed E-state index contributed by atoms with van der Waals surface area (Å²) in [6.07, 6.45) is 18.9. The Morgan fingerprint density at radius 1 is 0.900 bits per heavy atom. The first-order valence-corrected chi connectivity index (χ1v) is 19.8. The number of carbonyl (C=O) groups excluding carboxylic acids is 1. The Hall–Kier alpha value is -3.57. The van der Waals surface area contributed by atoms with E-state index in [2.05, 4.69) is 90.7 Å². The molecule has 0 spiro atoms. The number of carbonyl (C=O) groups is 1. The van der Waals surface area contributed by atoms with Crippen LogP contribution in [0, 0.1) is 12.8 Å². The van der Waals surface area contributed by atoms with Gasteiger partial charge in [0.25, 0.3) is 0 Å². The highest BCUT2D eigenvalue weighted by molar-refractivity contribution is 6.32. The highest BCUT2D eigenvalue weighted by Gasteiger charge is 2.38. The maximum atomic E-state index is 14.0. The molecule has 0 bridgehead atoms. The number of hydrogen-bond donors (Lipinski definition) is 1. The van der Waals surface area contributed by atoms with Crippen LogP contribution in [0.3, 0.4) is 0 Å². The summed E-state index contributed by atoms with van der Waals surface area (Å²) >= 11 is 6.67. The number of fused-ring (bicyclic) bond motifs is 2. The van der Waals surface area contributed by atoms with E-state index in [1.165, 1.54) is 64.2 Å². The number of aliphatic hydroxyl groups is 1. The first kappa shape index (κ1) is 37.7. The van der Waals surface area contributed by atoms with Crippen molar-refractivity contribution >= 4 is 45.2 Å². The third-order valence-electron chi connectivity index (χ3n) is 10.9. The van der Waals surface area contributed by atoms with E-state index in [4.69, 9.17) is 11.6 Å². The van der Waals surface area contributed by atoms with Gasteiger partial charge in [0.2, 0.25) is 11.3 Å². The predicted octanol–water partition coefficient (Wildman–Crippen LogP) is 11.8. The quantitative estimate of drug-likeness (QED) is 0.0817. The Kier molecular flexibility index (Phi) is 13.2. The van der Waals surface area contributed by atoms with Crippen LogP contribution in [0.4, 0.5) is 11.4 Å². The number of para-hydroxylation sites is 1. The number of ketones is 1. The Morgan fingerprint density at radius 3 is 2.26 bits per heavy atom. The summed E-state index contributed by atoms with van der Waals surface area (Å²) in [5.41, 5.74) is 6.96. The fourth-order valence-electron chi connectivity index (χ4n) is 7.74. The molecule has 1 aromatic heterocycles. The minimum Gasteiger partial charge on any atom is -0.506 e. The lowest BCUT2D eigenvalue weighted by molar-refractivity contribution is -0.678. The van der Waals surface area contributed by atoms with E-state index >= 15 is 0 Å². The fourth-order valence-corrected chi connectivity index (χ4v) is 7.90. The van der Waals surface area contributed by atoms with E-state index in [0.717, 1.165) is 82.3 Å². The Bertz CT molecular complexity index is 1770. The van der Waals surface area contributed by atoms with Crippen LogP contribution in [0.5, 0.6) is 0 Å². The number of benzene rings is 2. The van der Waals surface area contributed by atoms with Gasteiger partial charge in [0.1, 0.15) is 11.6 Å². The van der Waals surface area contributed by atoms with Crippen molar-refractivity contribution in [2.45, 2.75) is 125 Å². The molecule has 1 atom stereocenters. The number of hydrogen-bond acceptors (Lipinski definition) is 4. The number of Topliss-reactive ketones (excluding diaryl/α,β-unsaturated/α-hetero) is 1. The lowest BCUT2D eigenvalue weighted by Crippen LogP contribution is -2.38. The van der Waals surface area contributed by atoms with E-state index in [1.807, 2.05) is 19.9 Å². The Labute approximate surface area is 306 Å². The van der Waals surface area contributed by atoms with Crippen molar-refractivity contribution in [3.05, 3.63) is 93.6 Å². The maximum Gasteiger partial charge on any atom is 0.213 e. The van der Waals surface area contributed by atoms with Crippen LogP contribution in [0.25, 0.3) is 16.5 Å². The largest absolute Gasteiger partial charge is 0.506 e. The molecule has 0 saturated carbocycles. The SMILES string of the molecule is CCCCCCCCCCN1/C(=C\C2=C(O)C(=C(C)c3cc[n+](CC(CC)CCCC)c4ccccc34)C2=O)N(CC)c2cc(C)c(Cl)cc21. The molecular weight excluding hydrogens is 638 g/mol. The second kappa shape index (κ2) is 17.6. The third kappa shape index (κ3) is 7.99. The molecule has 50 heavy (non-hydrogen) atoms. The van der Waals surface area contributed by atoms with Gasteiger partial charge in [-0.15, -0.1) is 0 Å². The molecule has 3 aromatic rings. The van der Waals surface area contributed by atoms with Gasteiger partial charge in [0, 0.05) is 36.2 Å². The van der Waals surface area contributed by atoms with Crippen LogP contribution in [0.15, 0.2) is 77.5 Å². The molecule has 5 nitrogen and oxygen atoms in total. The fraction of sp³-hybridized carbons (Fsp3) is 0.500. The van der Waals surface area contributed by atoms with Gasteiger partial charge >= 0.3 is 0 Å². The van der Waals surface area contributed by atoms with Gasteiger partial charge in [-0.2, -0.15) is 4.57 Å². The average molecular weight is 697 g/mol. The number of aliphatic hydroxyl groups excluding tert-OH is 1. The number of aryl methyl sites for hydroxylation is 1. The zero-order valence-electron chi connectivity index (χ0n) is 31.5. The number of rotatable bonds is 18. The van der Waals surface area contributed by atoms with Crippen LogP contribution in [-0.2, 0) is 11.3 Å². The van der Waals surface area contributed by atoms with Crippen molar-refractivity contribution in [2.24, 2.45) is 5.92 Å². The monoisotopic (exact) mass is 696 g/mol. The number of nitrogens with zero attached hydrogens (tertiary/aromatic N) is 3. The third-order valence-corrected chi connectivity index (χ3v) is 11.3. The lowest BCUT2D eigenvalue weighted by atomic mass is 9.82. The zero-order chi connectivity index (χ0) is 35.8. The highest BCUT2D eigenvalue weighted by Crippen LogP contribution is 2.46. The number of pyridine rings is 1. The summed E-state index contributed by atoms with van der Waals surface area (Å²) in [6, 6.07) is 14.8. The molecule has 1 aliphatic heterocycles. The molecule has 1 aliphatic carbocycles. The van der Waals surface area contributed by atoms with Crippen LogP contribution in [-0.4, -0.2) is 24.0 Å². The van der Waals surface area contributed by atoms with E-state index < -0.39 is 0 Å². The van der Waals surface area contributed by atoms with E-state index in [9.17, 15) is 9.90 Å². The van der Waals surface area contributed by atoms with Crippen LogP contribution in [0.1, 0.15) is 123 Å². The zero-order valence-corrected chi connectivity index (χ0v) is 32.2. The molecule has 0 fully saturated rings. The Balaban J connectivity index is 1.45. The van der Waals surface area contributed by atoms with Gasteiger partial charge in [-0.3, -0.25) is 4.79 Å². The van der Waals surface area contributed by atoms with Gasteiger partial charge in [-0.1, -0.05) is 102 Å². The van der Waals surface area contributed by atoms with Gasteiger partial charge in [0.15, 0.2) is 12.7 Å². The molecule has 6 heteroatoms. The highest BCUT2D eigenvalue weighted by atomic mass is 35.5. The maximum absolute atomic E-state index is 14.0. The summed E-state index contributed by atoms with van der Waals surface area (Å²) in [6.45, 7) is 15.5.